The zero-order valence-corrected chi connectivity index (χ0v) is 18.3. The van der Waals surface area contributed by atoms with E-state index in [9.17, 15) is 8.42 Å². The largest absolute Gasteiger partial charge is 0.370 e. The topological polar surface area (TPSA) is 85.7 Å². The van der Waals surface area contributed by atoms with Gasteiger partial charge in [-0.3, -0.25) is 9.80 Å². The van der Waals surface area contributed by atoms with Crippen molar-refractivity contribution in [1.29, 1.82) is 5.26 Å². The molecule has 0 aromatic heterocycles. The highest BCUT2D eigenvalue weighted by Crippen LogP contribution is 2.21. The number of nitrogens with one attached hydrogen (secondary N) is 1. The van der Waals surface area contributed by atoms with Gasteiger partial charge in [0.15, 0.2) is 0 Å². The van der Waals surface area contributed by atoms with Gasteiger partial charge in [0, 0.05) is 45.8 Å². The molecule has 7 nitrogen and oxygen atoms in total. The molecule has 2 fully saturated rings. The molecule has 2 aliphatic rings. The number of morpholine rings is 2. The van der Waals surface area contributed by atoms with Gasteiger partial charge in [-0.1, -0.05) is 42.5 Å². The summed E-state index contributed by atoms with van der Waals surface area (Å²) in [6, 6.07) is 19.1. The van der Waals surface area contributed by atoms with Crippen molar-refractivity contribution in [3.8, 4) is 6.07 Å². The van der Waals surface area contributed by atoms with Crippen molar-refractivity contribution in [2.75, 3.05) is 39.3 Å². The van der Waals surface area contributed by atoms with Crippen LogP contribution in [0.3, 0.4) is 0 Å². The van der Waals surface area contributed by atoms with Crippen molar-refractivity contribution in [2.24, 2.45) is 0 Å². The Bertz CT molecular complexity index is 991. The van der Waals surface area contributed by atoms with E-state index in [4.69, 9.17) is 10.00 Å². The molecule has 2 aliphatic heterocycles. The van der Waals surface area contributed by atoms with Crippen molar-refractivity contribution in [1.82, 2.24) is 14.5 Å². The number of hydrogen-bond donors (Lipinski definition) is 1. The first-order valence-electron chi connectivity index (χ1n) is 10.6. The number of nitrogens with zero attached hydrogens (tertiary/aromatic N) is 3. The second-order valence-corrected chi connectivity index (χ2v) is 10.1. The third-order valence-corrected chi connectivity index (χ3v) is 7.03. The monoisotopic (exact) mass is 440 g/mol. The van der Waals surface area contributed by atoms with Crippen molar-refractivity contribution >= 4 is 10.0 Å². The molecular formula is C23H28N4O3S. The fraction of sp³-hybridized carbons (Fsp3) is 0.435. The van der Waals surface area contributed by atoms with E-state index in [2.05, 4.69) is 20.6 Å². The number of ether oxygens (including phenoxy) is 1. The minimum absolute atomic E-state index is 0.00646. The van der Waals surface area contributed by atoms with E-state index >= 15 is 0 Å². The molecule has 1 N–H and O–H groups in total. The van der Waals surface area contributed by atoms with Gasteiger partial charge in [-0.15, -0.1) is 0 Å². The predicted octanol–water partition coefficient (Wildman–Crippen LogP) is 1.56. The molecule has 0 spiro atoms. The first kappa shape index (κ1) is 21.9. The van der Waals surface area contributed by atoms with Crippen LogP contribution in [-0.4, -0.2) is 69.7 Å². The normalized spacial score (nSPS) is 22.2. The number of benzene rings is 2. The van der Waals surface area contributed by atoms with Crippen LogP contribution in [0, 0.1) is 11.3 Å². The molecule has 2 saturated heterocycles. The Morgan fingerprint density at radius 3 is 2.23 bits per heavy atom. The summed E-state index contributed by atoms with van der Waals surface area (Å²) in [7, 11) is -3.34. The number of fused-ring (bicyclic) bond motifs is 2. The number of nitriles is 1. The smallest absolute Gasteiger partial charge is 0.215 e. The second-order valence-electron chi connectivity index (χ2n) is 8.28. The van der Waals surface area contributed by atoms with Crippen LogP contribution >= 0.6 is 0 Å². The summed E-state index contributed by atoms with van der Waals surface area (Å²) in [5.74, 6) is 0.00646. The summed E-state index contributed by atoms with van der Waals surface area (Å²) in [5, 5.41) is 8.94. The molecule has 2 atom stereocenters. The van der Waals surface area contributed by atoms with Crippen molar-refractivity contribution in [3.05, 3.63) is 71.3 Å². The molecule has 2 aromatic carbocycles. The van der Waals surface area contributed by atoms with E-state index in [0.29, 0.717) is 18.7 Å². The molecule has 0 radical (unpaired) electrons. The van der Waals surface area contributed by atoms with Gasteiger partial charge in [0.2, 0.25) is 10.0 Å². The molecule has 0 amide bonds. The van der Waals surface area contributed by atoms with Gasteiger partial charge in [0.05, 0.1) is 29.6 Å². The quantitative estimate of drug-likeness (QED) is 0.671. The lowest BCUT2D eigenvalue weighted by molar-refractivity contribution is -0.139. The maximum Gasteiger partial charge on any atom is 0.215 e. The predicted molar refractivity (Wildman–Crippen MR) is 119 cm³/mol. The van der Waals surface area contributed by atoms with Gasteiger partial charge < -0.3 is 4.74 Å². The van der Waals surface area contributed by atoms with E-state index in [0.717, 1.165) is 38.3 Å². The van der Waals surface area contributed by atoms with E-state index in [1.54, 1.807) is 0 Å². The van der Waals surface area contributed by atoms with Crippen molar-refractivity contribution in [3.63, 3.8) is 0 Å². The molecule has 0 aliphatic carbocycles. The third-order valence-electron chi connectivity index (χ3n) is 5.67. The highest BCUT2D eigenvalue weighted by molar-refractivity contribution is 7.88. The molecule has 31 heavy (non-hydrogen) atoms. The Balaban J connectivity index is 1.22. The SMILES string of the molecule is N#Cc1ccc(CN2CC3CN(CCNS(=O)(=O)Cc4ccccc4)CC(C2)O3)cc1. The van der Waals surface area contributed by atoms with Crippen LogP contribution < -0.4 is 4.72 Å². The maximum atomic E-state index is 12.3. The van der Waals surface area contributed by atoms with Gasteiger partial charge in [-0.05, 0) is 23.3 Å². The Morgan fingerprint density at radius 1 is 0.935 bits per heavy atom. The van der Waals surface area contributed by atoms with Crippen LogP contribution in [0.1, 0.15) is 16.7 Å². The zero-order valence-electron chi connectivity index (χ0n) is 17.5. The Morgan fingerprint density at radius 2 is 1.58 bits per heavy atom. The van der Waals surface area contributed by atoms with Gasteiger partial charge in [0.25, 0.3) is 0 Å². The molecule has 2 unspecified atom stereocenters. The molecule has 8 heteroatoms. The molecule has 2 heterocycles. The van der Waals surface area contributed by atoms with Gasteiger partial charge in [-0.2, -0.15) is 5.26 Å². The second kappa shape index (κ2) is 9.90. The molecule has 0 saturated carbocycles. The maximum absolute atomic E-state index is 12.3. The summed E-state index contributed by atoms with van der Waals surface area (Å²) >= 11 is 0. The lowest BCUT2D eigenvalue weighted by Crippen LogP contribution is -2.59. The third kappa shape index (κ3) is 6.35. The molecular weight excluding hydrogens is 412 g/mol. The molecule has 2 bridgehead atoms. The summed E-state index contributed by atoms with van der Waals surface area (Å²) in [5.41, 5.74) is 2.67. The van der Waals surface area contributed by atoms with E-state index in [1.165, 1.54) is 5.56 Å². The van der Waals surface area contributed by atoms with E-state index in [1.807, 2.05) is 54.6 Å². The minimum Gasteiger partial charge on any atom is -0.370 e. The highest BCUT2D eigenvalue weighted by Gasteiger charge is 2.34. The summed E-state index contributed by atoms with van der Waals surface area (Å²) in [6.07, 6.45) is 0.263. The van der Waals surface area contributed by atoms with Crippen LogP contribution in [0.25, 0.3) is 0 Å². The fourth-order valence-corrected chi connectivity index (χ4v) is 5.45. The molecule has 2 aromatic rings. The van der Waals surface area contributed by atoms with Crippen LogP contribution in [0.2, 0.25) is 0 Å². The lowest BCUT2D eigenvalue weighted by Gasteiger charge is -2.46. The Kier molecular flexibility index (Phi) is 7.00. The average Bonchev–Trinajstić information content (AvgIpc) is 2.74. The zero-order chi connectivity index (χ0) is 21.7. The van der Waals surface area contributed by atoms with Gasteiger partial charge in [0.1, 0.15) is 0 Å². The van der Waals surface area contributed by atoms with Crippen molar-refractivity contribution in [2.45, 2.75) is 24.5 Å². The van der Waals surface area contributed by atoms with E-state index in [-0.39, 0.29) is 18.0 Å². The van der Waals surface area contributed by atoms with Gasteiger partial charge >= 0.3 is 0 Å². The molecule has 164 valence electrons. The number of hydrogen-bond acceptors (Lipinski definition) is 6. The van der Waals surface area contributed by atoms with Gasteiger partial charge in [-0.25, -0.2) is 13.1 Å². The first-order chi connectivity index (χ1) is 15.0. The van der Waals surface area contributed by atoms with Crippen LogP contribution in [-0.2, 0) is 27.1 Å². The highest BCUT2D eigenvalue weighted by atomic mass is 32.2. The lowest BCUT2D eigenvalue weighted by atomic mass is 10.1. The summed E-state index contributed by atoms with van der Waals surface area (Å²) < 4.78 is 33.5. The van der Waals surface area contributed by atoms with Crippen molar-refractivity contribution < 1.29 is 13.2 Å². The number of sulfonamides is 1. The number of rotatable bonds is 8. The average molecular weight is 441 g/mol. The first-order valence-corrected chi connectivity index (χ1v) is 12.2. The summed E-state index contributed by atoms with van der Waals surface area (Å²) in [6.45, 7) is 5.26. The fourth-order valence-electron chi connectivity index (χ4n) is 4.32. The van der Waals surface area contributed by atoms with Crippen LogP contribution in [0.5, 0.6) is 0 Å². The summed E-state index contributed by atoms with van der Waals surface area (Å²) in [4.78, 5) is 4.70. The standard InChI is InChI=1S/C23H28N4O3S/c24-12-19-6-8-20(9-7-19)13-27-16-22-14-26(15-23(17-27)30-22)11-10-25-31(28,29)18-21-4-2-1-3-5-21/h1-9,22-23,25H,10-11,13-18H2. The Hall–Kier alpha value is -2.28. The molecule has 4 rings (SSSR count). The minimum atomic E-state index is -3.34. The van der Waals surface area contributed by atoms with Crippen LogP contribution in [0.4, 0.5) is 0 Å². The van der Waals surface area contributed by atoms with E-state index < -0.39 is 10.0 Å². The van der Waals surface area contributed by atoms with Crippen LogP contribution in [0.15, 0.2) is 54.6 Å². The Labute approximate surface area is 184 Å².